The van der Waals surface area contributed by atoms with Crippen molar-refractivity contribution in [2.24, 2.45) is 5.92 Å². The zero-order chi connectivity index (χ0) is 10.8. The van der Waals surface area contributed by atoms with E-state index in [9.17, 15) is 4.39 Å². The van der Waals surface area contributed by atoms with Gasteiger partial charge < -0.3 is 0 Å². The van der Waals surface area contributed by atoms with E-state index in [2.05, 4.69) is 13.8 Å². The van der Waals surface area contributed by atoms with Crippen LogP contribution in [0.2, 0.25) is 0 Å². The molecule has 0 fully saturated rings. The predicted molar refractivity (Wildman–Crippen MR) is 59.1 cm³/mol. The maximum Gasteiger partial charge on any atom is 0.130 e. The van der Waals surface area contributed by atoms with Crippen LogP contribution in [0.3, 0.4) is 0 Å². The van der Waals surface area contributed by atoms with Crippen LogP contribution in [0, 0.1) is 5.92 Å². The molecule has 0 aliphatic carbocycles. The van der Waals surface area contributed by atoms with E-state index >= 15 is 0 Å². The number of hydrogen-bond acceptors (Lipinski definition) is 0. The Morgan fingerprint density at radius 1 is 1.14 bits per heavy atom. The fourth-order valence-electron chi connectivity index (χ4n) is 1.51. The molecular formula is C13H19F. The maximum absolute atomic E-state index is 13.5. The van der Waals surface area contributed by atoms with Gasteiger partial charge in [0.15, 0.2) is 0 Å². The van der Waals surface area contributed by atoms with Crippen molar-refractivity contribution < 1.29 is 4.39 Å². The first-order valence-electron chi connectivity index (χ1n) is 5.18. The molecule has 0 unspecified atom stereocenters. The normalized spacial score (nSPS) is 12.1. The summed E-state index contributed by atoms with van der Waals surface area (Å²) in [4.78, 5) is 0. The number of hydrogen-bond donors (Lipinski definition) is 0. The SMILES string of the molecule is CC(C)Cc1ccc(C(C)(C)F)cc1. The molecule has 0 N–H and O–H groups in total. The molecule has 0 heterocycles. The number of alkyl halides is 1. The zero-order valence-electron chi connectivity index (χ0n) is 9.47. The van der Waals surface area contributed by atoms with Gasteiger partial charge in [0.2, 0.25) is 0 Å². The Morgan fingerprint density at radius 2 is 1.64 bits per heavy atom. The molecule has 0 aliphatic heterocycles. The van der Waals surface area contributed by atoms with Crippen LogP contribution >= 0.6 is 0 Å². The van der Waals surface area contributed by atoms with Crippen LogP contribution in [-0.2, 0) is 12.1 Å². The summed E-state index contributed by atoms with van der Waals surface area (Å²) in [6, 6.07) is 7.82. The Kier molecular flexibility index (Phi) is 3.30. The molecule has 0 atom stereocenters. The lowest BCUT2D eigenvalue weighted by Gasteiger charge is -2.15. The second-order valence-electron chi connectivity index (χ2n) is 4.77. The first-order valence-corrected chi connectivity index (χ1v) is 5.18. The second kappa shape index (κ2) is 4.12. The molecular weight excluding hydrogens is 175 g/mol. The van der Waals surface area contributed by atoms with Crippen molar-refractivity contribution in [3.05, 3.63) is 35.4 Å². The van der Waals surface area contributed by atoms with E-state index < -0.39 is 5.67 Å². The highest BCUT2D eigenvalue weighted by Crippen LogP contribution is 2.24. The Morgan fingerprint density at radius 3 is 2.00 bits per heavy atom. The molecule has 0 aliphatic rings. The third-order valence-electron chi connectivity index (χ3n) is 2.28. The molecule has 1 aromatic rings. The van der Waals surface area contributed by atoms with Crippen molar-refractivity contribution in [1.29, 1.82) is 0 Å². The molecule has 0 radical (unpaired) electrons. The van der Waals surface area contributed by atoms with Crippen LogP contribution in [0.5, 0.6) is 0 Å². The van der Waals surface area contributed by atoms with Gasteiger partial charge in [0.25, 0.3) is 0 Å². The summed E-state index contributed by atoms with van der Waals surface area (Å²) in [5.41, 5.74) is 0.814. The molecule has 1 heteroatoms. The lowest BCUT2D eigenvalue weighted by molar-refractivity contribution is 0.221. The molecule has 14 heavy (non-hydrogen) atoms. The Balaban J connectivity index is 2.79. The van der Waals surface area contributed by atoms with Gasteiger partial charge in [-0.25, -0.2) is 4.39 Å². The highest BCUT2D eigenvalue weighted by Gasteiger charge is 2.17. The van der Waals surface area contributed by atoms with Gasteiger partial charge >= 0.3 is 0 Å². The summed E-state index contributed by atoms with van der Waals surface area (Å²) in [6.45, 7) is 7.55. The lowest BCUT2D eigenvalue weighted by Crippen LogP contribution is -2.08. The van der Waals surface area contributed by atoms with Crippen molar-refractivity contribution >= 4 is 0 Å². The minimum absolute atomic E-state index is 0.652. The van der Waals surface area contributed by atoms with E-state index in [4.69, 9.17) is 0 Å². The van der Waals surface area contributed by atoms with Crippen molar-refractivity contribution in [2.45, 2.75) is 39.8 Å². The van der Waals surface area contributed by atoms with E-state index in [1.807, 2.05) is 24.3 Å². The fraction of sp³-hybridized carbons (Fsp3) is 0.538. The average molecular weight is 194 g/mol. The van der Waals surface area contributed by atoms with Gasteiger partial charge in [0, 0.05) is 0 Å². The summed E-state index contributed by atoms with van der Waals surface area (Å²) in [6.07, 6.45) is 1.06. The van der Waals surface area contributed by atoms with Gasteiger partial charge in [-0.2, -0.15) is 0 Å². The number of halogens is 1. The van der Waals surface area contributed by atoms with Crippen LogP contribution in [-0.4, -0.2) is 0 Å². The highest BCUT2D eigenvalue weighted by molar-refractivity contribution is 5.26. The van der Waals surface area contributed by atoms with Crippen molar-refractivity contribution in [3.8, 4) is 0 Å². The van der Waals surface area contributed by atoms with Crippen LogP contribution < -0.4 is 0 Å². The van der Waals surface area contributed by atoms with Crippen LogP contribution in [0.1, 0.15) is 38.8 Å². The molecule has 0 aromatic heterocycles. The minimum Gasteiger partial charge on any atom is -0.239 e. The summed E-state index contributed by atoms with van der Waals surface area (Å²) in [5, 5.41) is 0. The molecule has 0 amide bonds. The molecule has 1 aromatic carbocycles. The topological polar surface area (TPSA) is 0 Å². The van der Waals surface area contributed by atoms with Crippen molar-refractivity contribution in [1.82, 2.24) is 0 Å². The third-order valence-corrected chi connectivity index (χ3v) is 2.28. The van der Waals surface area contributed by atoms with Crippen molar-refractivity contribution in [3.63, 3.8) is 0 Å². The van der Waals surface area contributed by atoms with Crippen LogP contribution in [0.25, 0.3) is 0 Å². The quantitative estimate of drug-likeness (QED) is 0.680. The molecule has 0 nitrogen and oxygen atoms in total. The van der Waals surface area contributed by atoms with Gasteiger partial charge in [0.05, 0.1) is 0 Å². The highest BCUT2D eigenvalue weighted by atomic mass is 19.1. The third kappa shape index (κ3) is 3.13. The van der Waals surface area contributed by atoms with Gasteiger partial charge in [-0.05, 0) is 37.3 Å². The molecule has 1 rings (SSSR count). The monoisotopic (exact) mass is 194 g/mol. The van der Waals surface area contributed by atoms with E-state index in [0.717, 1.165) is 12.0 Å². The first kappa shape index (κ1) is 11.2. The lowest BCUT2D eigenvalue weighted by atomic mass is 9.96. The smallest absolute Gasteiger partial charge is 0.130 e. The first-order chi connectivity index (χ1) is 6.39. The van der Waals surface area contributed by atoms with Gasteiger partial charge in [0.1, 0.15) is 5.67 Å². The second-order valence-corrected chi connectivity index (χ2v) is 4.77. The standard InChI is InChI=1S/C13H19F/c1-10(2)9-11-5-7-12(8-6-11)13(3,4)14/h5-8,10H,9H2,1-4H3. The summed E-state index contributed by atoms with van der Waals surface area (Å²) in [7, 11) is 0. The summed E-state index contributed by atoms with van der Waals surface area (Å²) < 4.78 is 13.5. The Bertz CT molecular complexity index is 277. The van der Waals surface area contributed by atoms with Crippen LogP contribution in [0.4, 0.5) is 4.39 Å². The molecule has 0 bridgehead atoms. The predicted octanol–water partition coefficient (Wildman–Crippen LogP) is 4.09. The molecule has 0 spiro atoms. The van der Waals surface area contributed by atoms with E-state index in [1.54, 1.807) is 13.8 Å². The maximum atomic E-state index is 13.5. The van der Waals surface area contributed by atoms with Crippen LogP contribution in [0.15, 0.2) is 24.3 Å². The van der Waals surface area contributed by atoms with E-state index in [0.29, 0.717) is 5.92 Å². The van der Waals surface area contributed by atoms with Crippen molar-refractivity contribution in [2.75, 3.05) is 0 Å². The average Bonchev–Trinajstić information content (AvgIpc) is 2.02. The molecule has 78 valence electrons. The number of rotatable bonds is 3. The fourth-order valence-corrected chi connectivity index (χ4v) is 1.51. The summed E-state index contributed by atoms with van der Waals surface area (Å²) >= 11 is 0. The largest absolute Gasteiger partial charge is 0.239 e. The Labute approximate surface area is 86.2 Å². The van der Waals surface area contributed by atoms with Gasteiger partial charge in [-0.15, -0.1) is 0 Å². The van der Waals surface area contributed by atoms with Gasteiger partial charge in [-0.3, -0.25) is 0 Å². The molecule has 0 saturated heterocycles. The van der Waals surface area contributed by atoms with E-state index in [1.165, 1.54) is 5.56 Å². The minimum atomic E-state index is -1.23. The Hall–Kier alpha value is -0.850. The number of benzene rings is 1. The summed E-state index contributed by atoms with van der Waals surface area (Å²) in [5.74, 6) is 0.652. The zero-order valence-corrected chi connectivity index (χ0v) is 9.47. The van der Waals surface area contributed by atoms with Gasteiger partial charge in [-0.1, -0.05) is 38.1 Å². The molecule has 0 saturated carbocycles. The van der Waals surface area contributed by atoms with E-state index in [-0.39, 0.29) is 0 Å².